The van der Waals surface area contributed by atoms with E-state index in [1.165, 1.54) is 18.2 Å². The minimum atomic E-state index is -0.630. The van der Waals surface area contributed by atoms with Crippen LogP contribution in [0.4, 0.5) is 5.69 Å². The average molecular weight is 312 g/mol. The number of carbonyl (C=O) groups is 2. The minimum Gasteiger partial charge on any atom is -0.506 e. The summed E-state index contributed by atoms with van der Waals surface area (Å²) in [6.45, 7) is 6.28. The number of nitrogens with one attached hydrogen (secondary N) is 1. The van der Waals surface area contributed by atoms with Crippen molar-refractivity contribution in [2.45, 2.75) is 26.2 Å². The van der Waals surface area contributed by atoms with E-state index in [0.717, 1.165) is 5.56 Å². The smallest absolute Gasteiger partial charge is 0.255 e. The van der Waals surface area contributed by atoms with Crippen molar-refractivity contribution in [2.75, 3.05) is 5.32 Å². The summed E-state index contributed by atoms with van der Waals surface area (Å²) in [6, 6.07) is 11.3. The third kappa shape index (κ3) is 3.88. The molecule has 0 radical (unpaired) electrons. The number of rotatable bonds is 3. The van der Waals surface area contributed by atoms with E-state index in [1.807, 2.05) is 12.1 Å². The van der Waals surface area contributed by atoms with Crippen LogP contribution in [0.1, 0.15) is 47.1 Å². The van der Waals surface area contributed by atoms with Crippen molar-refractivity contribution in [3.8, 4) is 5.75 Å². The number of hydrogen-bond donors (Lipinski definition) is 3. The van der Waals surface area contributed by atoms with E-state index in [4.69, 9.17) is 5.73 Å². The molecule has 0 heterocycles. The van der Waals surface area contributed by atoms with Crippen LogP contribution in [0.2, 0.25) is 0 Å². The first-order chi connectivity index (χ1) is 10.7. The van der Waals surface area contributed by atoms with Crippen LogP contribution >= 0.6 is 0 Å². The lowest BCUT2D eigenvalue weighted by molar-refractivity contribution is 0.0996. The van der Waals surface area contributed by atoms with E-state index in [1.54, 1.807) is 12.1 Å². The Labute approximate surface area is 135 Å². The molecule has 2 aromatic carbocycles. The summed E-state index contributed by atoms with van der Waals surface area (Å²) >= 11 is 0. The lowest BCUT2D eigenvalue weighted by Crippen LogP contribution is -2.15. The Kier molecular flexibility index (Phi) is 4.40. The van der Waals surface area contributed by atoms with Gasteiger partial charge in [-0.25, -0.2) is 0 Å². The van der Waals surface area contributed by atoms with Gasteiger partial charge in [0.25, 0.3) is 5.91 Å². The second-order valence-electron chi connectivity index (χ2n) is 6.38. The largest absolute Gasteiger partial charge is 0.506 e. The molecule has 5 heteroatoms. The van der Waals surface area contributed by atoms with Crippen LogP contribution in [-0.4, -0.2) is 16.9 Å². The lowest BCUT2D eigenvalue weighted by Gasteiger charge is -2.19. The van der Waals surface area contributed by atoms with Gasteiger partial charge in [-0.3, -0.25) is 9.59 Å². The molecule has 0 atom stereocenters. The maximum atomic E-state index is 12.3. The molecule has 0 spiro atoms. The first kappa shape index (κ1) is 16.5. The van der Waals surface area contributed by atoms with Crippen LogP contribution in [-0.2, 0) is 5.41 Å². The maximum absolute atomic E-state index is 12.3. The number of phenolic OH excluding ortho intramolecular Hbond substituents is 1. The molecule has 4 N–H and O–H groups in total. The van der Waals surface area contributed by atoms with E-state index in [0.29, 0.717) is 5.56 Å². The molecule has 0 aliphatic heterocycles. The van der Waals surface area contributed by atoms with Crippen LogP contribution < -0.4 is 11.1 Å². The number of phenols is 1. The maximum Gasteiger partial charge on any atom is 0.255 e. The molecule has 2 amide bonds. The van der Waals surface area contributed by atoms with Crippen LogP contribution in [0.15, 0.2) is 42.5 Å². The number of amides is 2. The predicted octanol–water partition coefficient (Wildman–Crippen LogP) is 3.04. The van der Waals surface area contributed by atoms with Gasteiger partial charge in [-0.15, -0.1) is 0 Å². The van der Waals surface area contributed by atoms with E-state index in [9.17, 15) is 14.7 Å². The summed E-state index contributed by atoms with van der Waals surface area (Å²) in [7, 11) is 0. The van der Waals surface area contributed by atoms with Gasteiger partial charge >= 0.3 is 0 Å². The van der Waals surface area contributed by atoms with Crippen LogP contribution in [0.3, 0.4) is 0 Å². The number of hydrogen-bond acceptors (Lipinski definition) is 3. The van der Waals surface area contributed by atoms with Gasteiger partial charge < -0.3 is 16.2 Å². The van der Waals surface area contributed by atoms with E-state index in [2.05, 4.69) is 26.1 Å². The minimum absolute atomic E-state index is 0.00307. The summed E-state index contributed by atoms with van der Waals surface area (Å²) in [5.41, 5.74) is 7.13. The molecule has 2 rings (SSSR count). The number of anilines is 1. The Bertz CT molecular complexity index is 744. The molecule has 0 saturated heterocycles. The van der Waals surface area contributed by atoms with Crippen molar-refractivity contribution >= 4 is 17.5 Å². The lowest BCUT2D eigenvalue weighted by atomic mass is 9.87. The van der Waals surface area contributed by atoms with Crippen molar-refractivity contribution in [3.63, 3.8) is 0 Å². The van der Waals surface area contributed by atoms with Crippen molar-refractivity contribution in [1.29, 1.82) is 0 Å². The fraction of sp³-hybridized carbons (Fsp3) is 0.222. The molecular weight excluding hydrogens is 292 g/mol. The summed E-state index contributed by atoms with van der Waals surface area (Å²) in [5.74, 6) is -1.13. The molecule has 0 aliphatic rings. The fourth-order valence-corrected chi connectivity index (χ4v) is 2.11. The highest BCUT2D eigenvalue weighted by atomic mass is 16.3. The quantitative estimate of drug-likeness (QED) is 0.761. The molecule has 120 valence electrons. The molecule has 0 fully saturated rings. The third-order valence-corrected chi connectivity index (χ3v) is 3.54. The zero-order valence-electron chi connectivity index (χ0n) is 13.4. The molecule has 2 aromatic rings. The Hall–Kier alpha value is -2.82. The second kappa shape index (κ2) is 6.12. The van der Waals surface area contributed by atoms with Gasteiger partial charge in [0.05, 0.1) is 5.69 Å². The topological polar surface area (TPSA) is 92.4 Å². The number of primary amides is 1. The first-order valence-electron chi connectivity index (χ1n) is 7.23. The zero-order chi connectivity index (χ0) is 17.2. The Balaban J connectivity index is 2.22. The molecular formula is C18H20N2O3. The van der Waals surface area contributed by atoms with Crippen molar-refractivity contribution < 1.29 is 14.7 Å². The zero-order valence-corrected chi connectivity index (χ0v) is 13.4. The molecule has 0 aromatic heterocycles. The summed E-state index contributed by atoms with van der Waals surface area (Å²) in [6.07, 6.45) is 0. The van der Waals surface area contributed by atoms with E-state index in [-0.39, 0.29) is 28.3 Å². The van der Waals surface area contributed by atoms with Gasteiger partial charge in [0.2, 0.25) is 5.91 Å². The molecule has 0 aliphatic carbocycles. The van der Waals surface area contributed by atoms with Gasteiger partial charge in [-0.1, -0.05) is 32.9 Å². The average Bonchev–Trinajstić information content (AvgIpc) is 2.48. The highest BCUT2D eigenvalue weighted by Gasteiger charge is 2.15. The van der Waals surface area contributed by atoms with Crippen LogP contribution in [0.25, 0.3) is 0 Å². The molecule has 23 heavy (non-hydrogen) atoms. The molecule has 0 unspecified atom stereocenters. The number of nitrogens with two attached hydrogens (primary N) is 1. The summed E-state index contributed by atoms with van der Waals surface area (Å²) in [4.78, 5) is 23.4. The Morgan fingerprint density at radius 1 is 1.00 bits per heavy atom. The van der Waals surface area contributed by atoms with Gasteiger partial charge in [0, 0.05) is 11.1 Å². The fourth-order valence-electron chi connectivity index (χ4n) is 2.11. The Morgan fingerprint density at radius 2 is 1.57 bits per heavy atom. The van der Waals surface area contributed by atoms with Crippen molar-refractivity contribution in [3.05, 3.63) is 59.2 Å². The standard InChI is InChI=1S/C18H20N2O3/c1-18(2,3)13-7-4-11(5-8-13)17(23)20-14-10-12(16(19)22)6-9-15(14)21/h4-10,21H,1-3H3,(H2,19,22)(H,20,23). The van der Waals surface area contributed by atoms with Gasteiger partial charge in [0.15, 0.2) is 0 Å². The highest BCUT2D eigenvalue weighted by molar-refractivity contribution is 6.06. The van der Waals surface area contributed by atoms with Crippen molar-refractivity contribution in [1.82, 2.24) is 0 Å². The number of aromatic hydroxyl groups is 1. The first-order valence-corrected chi connectivity index (χ1v) is 7.23. The molecule has 0 bridgehead atoms. The van der Waals surface area contributed by atoms with Gasteiger partial charge in [0.1, 0.15) is 5.75 Å². The van der Waals surface area contributed by atoms with E-state index >= 15 is 0 Å². The van der Waals surface area contributed by atoms with E-state index < -0.39 is 5.91 Å². The molecule has 0 saturated carbocycles. The predicted molar refractivity (Wildman–Crippen MR) is 89.7 cm³/mol. The Morgan fingerprint density at radius 3 is 2.09 bits per heavy atom. The van der Waals surface area contributed by atoms with Gasteiger partial charge in [-0.05, 0) is 41.3 Å². The third-order valence-electron chi connectivity index (χ3n) is 3.54. The second-order valence-corrected chi connectivity index (χ2v) is 6.38. The van der Waals surface area contributed by atoms with Crippen LogP contribution in [0.5, 0.6) is 5.75 Å². The molecule has 5 nitrogen and oxygen atoms in total. The highest BCUT2D eigenvalue weighted by Crippen LogP contribution is 2.26. The van der Waals surface area contributed by atoms with Crippen molar-refractivity contribution in [2.24, 2.45) is 5.73 Å². The number of carbonyl (C=O) groups excluding carboxylic acids is 2. The van der Waals surface area contributed by atoms with Gasteiger partial charge in [-0.2, -0.15) is 0 Å². The SMILES string of the molecule is CC(C)(C)c1ccc(C(=O)Nc2cc(C(N)=O)ccc2O)cc1. The number of benzene rings is 2. The normalized spacial score (nSPS) is 11.1. The summed E-state index contributed by atoms with van der Waals surface area (Å²) in [5, 5.41) is 12.4. The monoisotopic (exact) mass is 312 g/mol. The van der Waals surface area contributed by atoms with Crippen LogP contribution in [0, 0.1) is 0 Å². The summed E-state index contributed by atoms with van der Waals surface area (Å²) < 4.78 is 0.